The van der Waals surface area contributed by atoms with Crippen molar-refractivity contribution in [3.05, 3.63) is 22.4 Å². The van der Waals surface area contributed by atoms with Crippen molar-refractivity contribution < 1.29 is 4.74 Å². The number of nitrogens with one attached hydrogen (secondary N) is 1. The zero-order valence-electron chi connectivity index (χ0n) is 9.66. The predicted octanol–water partition coefficient (Wildman–Crippen LogP) is 2.70. The van der Waals surface area contributed by atoms with E-state index in [2.05, 4.69) is 36.7 Å². The summed E-state index contributed by atoms with van der Waals surface area (Å²) in [4.78, 5) is 1.41. The normalized spacial score (nSPS) is 12.9. The Hall–Kier alpha value is -0.380. The van der Waals surface area contributed by atoms with Crippen molar-refractivity contribution in [3.8, 4) is 0 Å². The molecule has 0 aliphatic carbocycles. The standard InChI is InChI=1S/C12H21NOS/c1-3-11(10-13-4-2)14-8-7-12-6-5-9-15-12/h5-6,9,11,13H,3-4,7-8,10H2,1-2H3. The molecule has 3 heteroatoms. The molecule has 0 amide bonds. The maximum atomic E-state index is 5.81. The molecule has 1 unspecified atom stereocenters. The molecule has 0 fully saturated rings. The molecule has 1 N–H and O–H groups in total. The fourth-order valence-corrected chi connectivity index (χ4v) is 2.10. The lowest BCUT2D eigenvalue weighted by Gasteiger charge is -2.15. The van der Waals surface area contributed by atoms with Crippen LogP contribution in [0.5, 0.6) is 0 Å². The van der Waals surface area contributed by atoms with Crippen LogP contribution >= 0.6 is 11.3 Å². The fourth-order valence-electron chi connectivity index (χ4n) is 1.41. The quantitative estimate of drug-likeness (QED) is 0.737. The predicted molar refractivity (Wildman–Crippen MR) is 66.6 cm³/mol. The Balaban J connectivity index is 2.11. The number of likely N-dealkylation sites (N-methyl/N-ethyl adjacent to an activating group) is 1. The first kappa shape index (κ1) is 12.7. The number of thiophene rings is 1. The third kappa shape index (κ3) is 5.30. The molecule has 1 rings (SSSR count). The molecule has 1 atom stereocenters. The fraction of sp³-hybridized carbons (Fsp3) is 0.667. The minimum absolute atomic E-state index is 0.366. The average Bonchev–Trinajstić information content (AvgIpc) is 2.76. The number of ether oxygens (including phenoxy) is 1. The van der Waals surface area contributed by atoms with E-state index in [0.29, 0.717) is 6.10 Å². The van der Waals surface area contributed by atoms with E-state index in [1.54, 1.807) is 11.3 Å². The monoisotopic (exact) mass is 227 g/mol. The van der Waals surface area contributed by atoms with Gasteiger partial charge in [0.1, 0.15) is 0 Å². The summed E-state index contributed by atoms with van der Waals surface area (Å²) in [5.41, 5.74) is 0. The van der Waals surface area contributed by atoms with Gasteiger partial charge in [-0.15, -0.1) is 11.3 Å². The SMILES string of the molecule is CCNCC(CC)OCCc1cccs1. The van der Waals surface area contributed by atoms with Gasteiger partial charge in [-0.05, 0) is 24.4 Å². The molecule has 0 aromatic carbocycles. The van der Waals surface area contributed by atoms with Crippen LogP contribution in [0.1, 0.15) is 25.1 Å². The van der Waals surface area contributed by atoms with Crippen LogP contribution in [0.3, 0.4) is 0 Å². The Morgan fingerprint density at radius 1 is 1.47 bits per heavy atom. The zero-order chi connectivity index (χ0) is 10.9. The highest BCUT2D eigenvalue weighted by atomic mass is 32.1. The van der Waals surface area contributed by atoms with E-state index in [-0.39, 0.29) is 0 Å². The molecule has 0 bridgehead atoms. The first-order valence-corrected chi connectivity index (χ1v) is 6.59. The largest absolute Gasteiger partial charge is 0.377 e. The highest BCUT2D eigenvalue weighted by molar-refractivity contribution is 7.09. The molecular formula is C12H21NOS. The van der Waals surface area contributed by atoms with E-state index in [1.807, 2.05) is 0 Å². The molecule has 1 aromatic heterocycles. The summed E-state index contributed by atoms with van der Waals surface area (Å²) in [6, 6.07) is 4.26. The maximum Gasteiger partial charge on any atom is 0.0697 e. The van der Waals surface area contributed by atoms with Gasteiger partial charge in [0, 0.05) is 17.8 Å². The van der Waals surface area contributed by atoms with Gasteiger partial charge in [0.25, 0.3) is 0 Å². The number of hydrogen-bond acceptors (Lipinski definition) is 3. The van der Waals surface area contributed by atoms with E-state index < -0.39 is 0 Å². The Labute approximate surface area is 96.7 Å². The lowest BCUT2D eigenvalue weighted by atomic mass is 10.2. The minimum atomic E-state index is 0.366. The van der Waals surface area contributed by atoms with E-state index in [9.17, 15) is 0 Å². The second-order valence-electron chi connectivity index (χ2n) is 3.54. The third-order valence-corrected chi connectivity index (χ3v) is 3.30. The number of hydrogen-bond donors (Lipinski definition) is 1. The van der Waals surface area contributed by atoms with Crippen molar-refractivity contribution in [1.82, 2.24) is 5.32 Å². The smallest absolute Gasteiger partial charge is 0.0697 e. The van der Waals surface area contributed by atoms with E-state index >= 15 is 0 Å². The molecule has 1 aromatic rings. The lowest BCUT2D eigenvalue weighted by Crippen LogP contribution is -2.29. The lowest BCUT2D eigenvalue weighted by molar-refractivity contribution is 0.0535. The van der Waals surface area contributed by atoms with Crippen LogP contribution in [0.2, 0.25) is 0 Å². The van der Waals surface area contributed by atoms with Crippen molar-refractivity contribution in [2.24, 2.45) is 0 Å². The summed E-state index contributed by atoms with van der Waals surface area (Å²) in [7, 11) is 0. The van der Waals surface area contributed by atoms with Gasteiger partial charge < -0.3 is 10.1 Å². The van der Waals surface area contributed by atoms with Gasteiger partial charge in [0.05, 0.1) is 12.7 Å². The summed E-state index contributed by atoms with van der Waals surface area (Å²) < 4.78 is 5.81. The van der Waals surface area contributed by atoms with Crippen molar-refractivity contribution in [1.29, 1.82) is 0 Å². The molecule has 2 nitrogen and oxygen atoms in total. The summed E-state index contributed by atoms with van der Waals surface area (Å²) in [6.07, 6.45) is 2.49. The summed E-state index contributed by atoms with van der Waals surface area (Å²) in [5.74, 6) is 0. The first-order chi connectivity index (χ1) is 7.36. The van der Waals surface area contributed by atoms with Crippen molar-refractivity contribution in [3.63, 3.8) is 0 Å². The van der Waals surface area contributed by atoms with Gasteiger partial charge in [-0.2, -0.15) is 0 Å². The molecule has 0 aliphatic rings. The van der Waals surface area contributed by atoms with Crippen LogP contribution in [-0.4, -0.2) is 25.8 Å². The second kappa shape index (κ2) is 7.85. The average molecular weight is 227 g/mol. The molecule has 0 saturated heterocycles. The number of rotatable bonds is 8. The first-order valence-electron chi connectivity index (χ1n) is 5.71. The molecule has 15 heavy (non-hydrogen) atoms. The van der Waals surface area contributed by atoms with Crippen LogP contribution < -0.4 is 5.32 Å². The Kier molecular flexibility index (Phi) is 6.64. The topological polar surface area (TPSA) is 21.3 Å². The Bertz CT molecular complexity index is 236. The van der Waals surface area contributed by atoms with Gasteiger partial charge >= 0.3 is 0 Å². The van der Waals surface area contributed by atoms with E-state index in [1.165, 1.54) is 4.88 Å². The Morgan fingerprint density at radius 2 is 2.33 bits per heavy atom. The zero-order valence-corrected chi connectivity index (χ0v) is 10.5. The molecule has 0 radical (unpaired) electrons. The molecule has 0 spiro atoms. The van der Waals surface area contributed by atoms with Crippen LogP contribution in [0, 0.1) is 0 Å². The van der Waals surface area contributed by atoms with Crippen LogP contribution in [0.4, 0.5) is 0 Å². The molecular weight excluding hydrogens is 206 g/mol. The molecule has 0 aliphatic heterocycles. The van der Waals surface area contributed by atoms with E-state index in [0.717, 1.165) is 32.5 Å². The van der Waals surface area contributed by atoms with Crippen molar-refractivity contribution in [2.45, 2.75) is 32.8 Å². The summed E-state index contributed by atoms with van der Waals surface area (Å²) in [5, 5.41) is 5.44. The maximum absolute atomic E-state index is 5.81. The van der Waals surface area contributed by atoms with Gasteiger partial charge in [0.2, 0.25) is 0 Å². The van der Waals surface area contributed by atoms with Crippen molar-refractivity contribution >= 4 is 11.3 Å². The van der Waals surface area contributed by atoms with E-state index in [4.69, 9.17) is 4.74 Å². The van der Waals surface area contributed by atoms with Gasteiger partial charge in [-0.3, -0.25) is 0 Å². The minimum Gasteiger partial charge on any atom is -0.377 e. The van der Waals surface area contributed by atoms with Crippen molar-refractivity contribution in [2.75, 3.05) is 19.7 Å². The third-order valence-electron chi connectivity index (χ3n) is 2.36. The highest BCUT2D eigenvalue weighted by Crippen LogP contribution is 2.09. The molecule has 1 heterocycles. The van der Waals surface area contributed by atoms with Gasteiger partial charge in [0.15, 0.2) is 0 Å². The Morgan fingerprint density at radius 3 is 2.93 bits per heavy atom. The van der Waals surface area contributed by atoms with Crippen LogP contribution in [0.25, 0.3) is 0 Å². The molecule has 0 saturated carbocycles. The second-order valence-corrected chi connectivity index (χ2v) is 4.57. The van der Waals surface area contributed by atoms with Gasteiger partial charge in [-0.25, -0.2) is 0 Å². The summed E-state index contributed by atoms with van der Waals surface area (Å²) in [6.45, 7) is 7.12. The van der Waals surface area contributed by atoms with Crippen LogP contribution in [-0.2, 0) is 11.2 Å². The van der Waals surface area contributed by atoms with Crippen LogP contribution in [0.15, 0.2) is 17.5 Å². The highest BCUT2D eigenvalue weighted by Gasteiger charge is 2.05. The molecule has 86 valence electrons. The summed E-state index contributed by atoms with van der Waals surface area (Å²) >= 11 is 1.80. The van der Waals surface area contributed by atoms with Gasteiger partial charge in [-0.1, -0.05) is 19.9 Å².